The molecule has 15 heavy (non-hydrogen) atoms. The van der Waals surface area contributed by atoms with Crippen LogP contribution in [0.3, 0.4) is 0 Å². The minimum absolute atomic E-state index is 0.134. The Balaban J connectivity index is 2.97. The smallest absolute Gasteiger partial charge is 0.162 e. The average molecular weight is 222 g/mol. The fourth-order valence-corrected chi connectivity index (χ4v) is 4.23. The third-order valence-corrected chi connectivity index (χ3v) is 5.68. The first-order valence-electron chi connectivity index (χ1n) is 4.96. The van der Waals surface area contributed by atoms with Crippen LogP contribution in [0.15, 0.2) is 42.1 Å². The summed E-state index contributed by atoms with van der Waals surface area (Å²) in [6, 6.07) is 10.3. The second-order valence-corrected chi connectivity index (χ2v) is 6.73. The lowest BCUT2D eigenvalue weighted by Crippen LogP contribution is -2.45. The fourth-order valence-electron chi connectivity index (χ4n) is 1.70. The summed E-state index contributed by atoms with van der Waals surface area (Å²) in [5.41, 5.74) is 0. The lowest BCUT2D eigenvalue weighted by Gasteiger charge is -2.23. The summed E-state index contributed by atoms with van der Waals surface area (Å²) in [6.07, 6.45) is 0. The van der Waals surface area contributed by atoms with Crippen molar-refractivity contribution in [1.82, 2.24) is 0 Å². The van der Waals surface area contributed by atoms with E-state index in [2.05, 4.69) is 25.6 Å². The van der Waals surface area contributed by atoms with E-state index in [1.54, 1.807) is 14.2 Å². The number of hydrogen-bond donors (Lipinski definition) is 0. The molecule has 0 heterocycles. The molecule has 0 aliphatic heterocycles. The van der Waals surface area contributed by atoms with Gasteiger partial charge in [-0.25, -0.2) is 0 Å². The van der Waals surface area contributed by atoms with Crippen LogP contribution in [0.1, 0.15) is 6.92 Å². The maximum Gasteiger partial charge on any atom is 0.162 e. The van der Waals surface area contributed by atoms with Crippen LogP contribution in [0, 0.1) is 0 Å². The molecule has 1 unspecified atom stereocenters. The SMILES string of the molecule is C=C(C)[SiH](c1ccccc1)C(OC)OC. The van der Waals surface area contributed by atoms with E-state index in [0.29, 0.717) is 0 Å². The first-order valence-corrected chi connectivity index (χ1v) is 6.78. The lowest BCUT2D eigenvalue weighted by atomic mass is 10.4. The van der Waals surface area contributed by atoms with Gasteiger partial charge in [0, 0.05) is 14.2 Å². The molecule has 1 rings (SSSR count). The molecule has 0 fully saturated rings. The standard InChI is InChI=1S/C12H18O2Si/c1-10(2)15(12(13-3)14-4)11-8-6-5-7-9-11/h5-9,12,15H,1H2,2-4H3. The molecule has 1 atom stereocenters. The number of ether oxygens (including phenoxy) is 2. The number of hydrogen-bond acceptors (Lipinski definition) is 2. The highest BCUT2D eigenvalue weighted by Gasteiger charge is 2.25. The minimum atomic E-state index is -1.42. The molecule has 0 N–H and O–H groups in total. The molecule has 0 aliphatic rings. The summed E-state index contributed by atoms with van der Waals surface area (Å²) in [6.45, 7) is 6.10. The third-order valence-electron chi connectivity index (χ3n) is 2.43. The summed E-state index contributed by atoms with van der Waals surface area (Å²) in [5.74, 6) is -0.134. The summed E-state index contributed by atoms with van der Waals surface area (Å²) in [4.78, 5) is 0. The molecule has 1 aromatic carbocycles. The Bertz CT molecular complexity index is 307. The molecule has 0 aliphatic carbocycles. The molecule has 0 saturated carbocycles. The zero-order chi connectivity index (χ0) is 11.3. The monoisotopic (exact) mass is 222 g/mol. The molecule has 3 heteroatoms. The average Bonchev–Trinajstić information content (AvgIpc) is 2.26. The van der Waals surface area contributed by atoms with Crippen molar-refractivity contribution in [3.63, 3.8) is 0 Å². The van der Waals surface area contributed by atoms with Crippen LogP contribution < -0.4 is 5.19 Å². The van der Waals surface area contributed by atoms with Gasteiger partial charge in [-0.2, -0.15) is 0 Å². The maximum absolute atomic E-state index is 5.36. The molecule has 0 aromatic heterocycles. The van der Waals surface area contributed by atoms with Gasteiger partial charge in [0.05, 0.1) is 0 Å². The summed E-state index contributed by atoms with van der Waals surface area (Å²) in [5, 5.41) is 2.48. The van der Waals surface area contributed by atoms with E-state index in [0.717, 1.165) is 0 Å². The summed E-state index contributed by atoms with van der Waals surface area (Å²) < 4.78 is 10.7. The summed E-state index contributed by atoms with van der Waals surface area (Å²) in [7, 11) is 1.94. The predicted molar refractivity (Wildman–Crippen MR) is 65.8 cm³/mol. The lowest BCUT2D eigenvalue weighted by molar-refractivity contribution is -0.0453. The van der Waals surface area contributed by atoms with Crippen molar-refractivity contribution in [3.05, 3.63) is 42.1 Å². The fraction of sp³-hybridized carbons (Fsp3) is 0.333. The first-order chi connectivity index (χ1) is 7.20. The van der Waals surface area contributed by atoms with Crippen molar-refractivity contribution in [3.8, 4) is 0 Å². The number of methoxy groups -OCH3 is 2. The Morgan fingerprint density at radius 1 is 1.20 bits per heavy atom. The molecular weight excluding hydrogens is 204 g/mol. The number of benzene rings is 1. The molecule has 0 radical (unpaired) electrons. The minimum Gasteiger partial charge on any atom is -0.359 e. The molecule has 0 saturated heterocycles. The van der Waals surface area contributed by atoms with Crippen LogP contribution in [0.5, 0.6) is 0 Å². The molecule has 0 spiro atoms. The van der Waals surface area contributed by atoms with Crippen LogP contribution in [-0.2, 0) is 9.47 Å². The molecule has 0 bridgehead atoms. The normalized spacial score (nSPS) is 12.8. The Labute approximate surface area is 93.1 Å². The quantitative estimate of drug-likeness (QED) is 0.554. The Kier molecular flexibility index (Phi) is 4.75. The van der Waals surface area contributed by atoms with Gasteiger partial charge in [0.15, 0.2) is 8.80 Å². The third kappa shape index (κ3) is 3.02. The van der Waals surface area contributed by atoms with E-state index in [1.165, 1.54) is 10.4 Å². The molecular formula is C12H18O2Si. The Hall–Kier alpha value is -0.903. The van der Waals surface area contributed by atoms with Gasteiger partial charge in [-0.15, -0.1) is 6.58 Å². The molecule has 2 nitrogen and oxygen atoms in total. The van der Waals surface area contributed by atoms with Crippen LogP contribution in [0.25, 0.3) is 0 Å². The largest absolute Gasteiger partial charge is 0.359 e. The topological polar surface area (TPSA) is 18.5 Å². The second-order valence-electron chi connectivity index (χ2n) is 3.57. The van der Waals surface area contributed by atoms with Gasteiger partial charge in [-0.3, -0.25) is 0 Å². The van der Waals surface area contributed by atoms with Crippen LogP contribution in [0.2, 0.25) is 0 Å². The van der Waals surface area contributed by atoms with Gasteiger partial charge in [-0.05, 0) is 6.92 Å². The second kappa shape index (κ2) is 5.85. The molecule has 1 aromatic rings. The molecule has 82 valence electrons. The van der Waals surface area contributed by atoms with E-state index in [9.17, 15) is 0 Å². The highest BCUT2D eigenvalue weighted by molar-refractivity contribution is 6.80. The number of rotatable bonds is 5. The van der Waals surface area contributed by atoms with Crippen molar-refractivity contribution in [2.45, 2.75) is 12.8 Å². The molecule has 0 amide bonds. The predicted octanol–water partition coefficient (Wildman–Crippen LogP) is 1.39. The maximum atomic E-state index is 5.36. The van der Waals surface area contributed by atoms with Crippen LogP contribution in [-0.4, -0.2) is 28.9 Å². The van der Waals surface area contributed by atoms with E-state index in [4.69, 9.17) is 9.47 Å². The van der Waals surface area contributed by atoms with Crippen LogP contribution in [0.4, 0.5) is 0 Å². The van der Waals surface area contributed by atoms with E-state index >= 15 is 0 Å². The van der Waals surface area contributed by atoms with Gasteiger partial charge in [0.2, 0.25) is 0 Å². The van der Waals surface area contributed by atoms with Gasteiger partial charge >= 0.3 is 0 Å². The zero-order valence-corrected chi connectivity index (χ0v) is 10.7. The Morgan fingerprint density at radius 3 is 2.13 bits per heavy atom. The van der Waals surface area contributed by atoms with Gasteiger partial charge < -0.3 is 9.47 Å². The van der Waals surface area contributed by atoms with Gasteiger partial charge in [0.1, 0.15) is 5.91 Å². The van der Waals surface area contributed by atoms with Gasteiger partial charge in [-0.1, -0.05) is 40.7 Å². The highest BCUT2D eigenvalue weighted by atomic mass is 28.3. The first kappa shape index (κ1) is 12.2. The highest BCUT2D eigenvalue weighted by Crippen LogP contribution is 2.07. The van der Waals surface area contributed by atoms with Crippen molar-refractivity contribution >= 4 is 14.0 Å². The van der Waals surface area contributed by atoms with E-state index in [-0.39, 0.29) is 5.91 Å². The van der Waals surface area contributed by atoms with Crippen molar-refractivity contribution in [1.29, 1.82) is 0 Å². The summed E-state index contributed by atoms with van der Waals surface area (Å²) >= 11 is 0. The van der Waals surface area contributed by atoms with Crippen molar-refractivity contribution in [2.24, 2.45) is 0 Å². The van der Waals surface area contributed by atoms with Crippen molar-refractivity contribution < 1.29 is 9.47 Å². The number of allylic oxidation sites excluding steroid dienone is 1. The van der Waals surface area contributed by atoms with E-state index < -0.39 is 8.80 Å². The zero-order valence-electron chi connectivity index (χ0n) is 9.57. The van der Waals surface area contributed by atoms with E-state index in [1.807, 2.05) is 18.2 Å². The van der Waals surface area contributed by atoms with Gasteiger partial charge in [0.25, 0.3) is 0 Å². The Morgan fingerprint density at radius 2 is 1.73 bits per heavy atom. The van der Waals surface area contributed by atoms with Crippen LogP contribution >= 0.6 is 0 Å². The van der Waals surface area contributed by atoms with Crippen molar-refractivity contribution in [2.75, 3.05) is 14.2 Å².